The van der Waals surface area contributed by atoms with Crippen molar-refractivity contribution in [1.29, 1.82) is 0 Å². The van der Waals surface area contributed by atoms with Gasteiger partial charge in [-0.1, -0.05) is 18.2 Å². The minimum absolute atomic E-state index is 0.0540. The molecule has 7 nitrogen and oxygen atoms in total. The smallest absolute Gasteiger partial charge is 0.317 e. The molecule has 0 radical (unpaired) electrons. The highest BCUT2D eigenvalue weighted by Gasteiger charge is 2.12. The van der Waals surface area contributed by atoms with Crippen LogP contribution in [-0.4, -0.2) is 57.8 Å². The number of ether oxygens (including phenoxy) is 1. The fourth-order valence-electron chi connectivity index (χ4n) is 1.91. The molecule has 0 aliphatic rings. The number of methoxy groups -OCH3 is 1. The third-order valence-electron chi connectivity index (χ3n) is 2.88. The number of aliphatic carboxylic acids is 1. The summed E-state index contributed by atoms with van der Waals surface area (Å²) in [4.78, 5) is 14.2. The number of aromatic nitrogens is 3. The maximum Gasteiger partial charge on any atom is 0.317 e. The number of hydrogen-bond acceptors (Lipinski definition) is 5. The van der Waals surface area contributed by atoms with E-state index in [9.17, 15) is 4.79 Å². The van der Waals surface area contributed by atoms with Gasteiger partial charge in [-0.3, -0.25) is 9.69 Å². The molecule has 2 rings (SSSR count). The molecule has 0 amide bonds. The van der Waals surface area contributed by atoms with Crippen molar-refractivity contribution in [2.45, 2.75) is 6.54 Å². The second-order valence-electron chi connectivity index (χ2n) is 4.56. The second kappa shape index (κ2) is 7.51. The molecule has 1 N–H and O–H groups in total. The first-order chi connectivity index (χ1) is 10.2. The molecule has 1 heterocycles. The van der Waals surface area contributed by atoms with Crippen LogP contribution in [0.3, 0.4) is 0 Å². The van der Waals surface area contributed by atoms with Gasteiger partial charge in [0.25, 0.3) is 0 Å². The maximum atomic E-state index is 10.9. The predicted molar refractivity (Wildman–Crippen MR) is 76.1 cm³/mol. The van der Waals surface area contributed by atoms with Gasteiger partial charge < -0.3 is 9.84 Å². The van der Waals surface area contributed by atoms with Crippen LogP contribution < -0.4 is 0 Å². The van der Waals surface area contributed by atoms with Crippen LogP contribution in [0.1, 0.15) is 5.69 Å². The van der Waals surface area contributed by atoms with E-state index in [-0.39, 0.29) is 6.54 Å². The largest absolute Gasteiger partial charge is 0.480 e. The van der Waals surface area contributed by atoms with E-state index in [4.69, 9.17) is 9.84 Å². The van der Waals surface area contributed by atoms with Gasteiger partial charge in [0, 0.05) is 20.2 Å². The molecule has 1 aromatic carbocycles. The van der Waals surface area contributed by atoms with Gasteiger partial charge in [0.1, 0.15) is 0 Å². The Hall–Kier alpha value is -2.25. The van der Waals surface area contributed by atoms with Crippen molar-refractivity contribution >= 4 is 5.97 Å². The Balaban J connectivity index is 2.03. The molecule has 0 saturated heterocycles. The summed E-state index contributed by atoms with van der Waals surface area (Å²) in [6, 6.07) is 9.56. The lowest BCUT2D eigenvalue weighted by Crippen LogP contribution is -2.32. The molecule has 0 aliphatic heterocycles. The number of carboxylic acid groups (broad SMARTS) is 1. The van der Waals surface area contributed by atoms with E-state index in [1.54, 1.807) is 18.2 Å². The van der Waals surface area contributed by atoms with Crippen LogP contribution in [0.4, 0.5) is 0 Å². The summed E-state index contributed by atoms with van der Waals surface area (Å²) >= 11 is 0. The minimum Gasteiger partial charge on any atom is -0.480 e. The van der Waals surface area contributed by atoms with E-state index in [1.165, 1.54) is 4.80 Å². The molecule has 0 spiro atoms. The molecular formula is C14H18N4O3. The quantitative estimate of drug-likeness (QED) is 0.774. The number of carbonyl (C=O) groups is 1. The Labute approximate surface area is 122 Å². The monoisotopic (exact) mass is 290 g/mol. The Kier molecular flexibility index (Phi) is 5.42. The first-order valence-corrected chi connectivity index (χ1v) is 6.59. The van der Waals surface area contributed by atoms with Gasteiger partial charge in [-0.25, -0.2) is 0 Å². The van der Waals surface area contributed by atoms with E-state index in [0.717, 1.165) is 11.4 Å². The lowest BCUT2D eigenvalue weighted by Gasteiger charge is -2.17. The fourth-order valence-corrected chi connectivity index (χ4v) is 1.91. The minimum atomic E-state index is -0.874. The van der Waals surface area contributed by atoms with Crippen molar-refractivity contribution in [2.75, 3.05) is 26.8 Å². The van der Waals surface area contributed by atoms with Gasteiger partial charge in [-0.05, 0) is 12.1 Å². The van der Waals surface area contributed by atoms with Crippen molar-refractivity contribution in [3.8, 4) is 5.69 Å². The number of hydrogen-bond donors (Lipinski definition) is 1. The van der Waals surface area contributed by atoms with Crippen molar-refractivity contribution in [3.05, 3.63) is 42.2 Å². The number of carboxylic acids is 1. The third-order valence-corrected chi connectivity index (χ3v) is 2.88. The van der Waals surface area contributed by atoms with Crippen molar-refractivity contribution in [3.63, 3.8) is 0 Å². The summed E-state index contributed by atoms with van der Waals surface area (Å²) in [5.74, 6) is -0.874. The van der Waals surface area contributed by atoms with Crippen LogP contribution in [0.5, 0.6) is 0 Å². The summed E-state index contributed by atoms with van der Waals surface area (Å²) in [5.41, 5.74) is 1.58. The van der Waals surface area contributed by atoms with Crippen LogP contribution >= 0.6 is 0 Å². The van der Waals surface area contributed by atoms with Crippen molar-refractivity contribution in [1.82, 2.24) is 19.9 Å². The number of benzene rings is 1. The Morgan fingerprint density at radius 1 is 1.38 bits per heavy atom. The zero-order valence-corrected chi connectivity index (χ0v) is 11.8. The zero-order chi connectivity index (χ0) is 15.1. The van der Waals surface area contributed by atoms with E-state index >= 15 is 0 Å². The van der Waals surface area contributed by atoms with Gasteiger partial charge in [0.15, 0.2) is 0 Å². The SMILES string of the molecule is COCCN(CC(=O)O)Cc1cnn(-c2ccccc2)n1. The lowest BCUT2D eigenvalue weighted by molar-refractivity contribution is -0.138. The van der Waals surface area contributed by atoms with Gasteiger partial charge in [0.05, 0.1) is 30.7 Å². The normalized spacial score (nSPS) is 11.0. The first kappa shape index (κ1) is 15.1. The third kappa shape index (κ3) is 4.66. The van der Waals surface area contributed by atoms with Gasteiger partial charge in [-0.15, -0.1) is 0 Å². The molecule has 1 aromatic heterocycles. The van der Waals surface area contributed by atoms with Crippen LogP contribution in [0.25, 0.3) is 5.69 Å². The van der Waals surface area contributed by atoms with Crippen molar-refractivity contribution < 1.29 is 14.6 Å². The molecule has 0 saturated carbocycles. The van der Waals surface area contributed by atoms with E-state index in [1.807, 2.05) is 30.3 Å². The lowest BCUT2D eigenvalue weighted by atomic mass is 10.3. The average molecular weight is 290 g/mol. The van der Waals surface area contributed by atoms with Crippen molar-refractivity contribution in [2.24, 2.45) is 0 Å². The molecule has 0 unspecified atom stereocenters. The average Bonchev–Trinajstić information content (AvgIpc) is 2.93. The molecule has 0 fully saturated rings. The first-order valence-electron chi connectivity index (χ1n) is 6.59. The maximum absolute atomic E-state index is 10.9. The topological polar surface area (TPSA) is 80.5 Å². The molecule has 0 bridgehead atoms. The summed E-state index contributed by atoms with van der Waals surface area (Å²) in [5, 5.41) is 17.5. The summed E-state index contributed by atoms with van der Waals surface area (Å²) in [6.07, 6.45) is 1.65. The van der Waals surface area contributed by atoms with Crippen LogP contribution in [0.2, 0.25) is 0 Å². The Morgan fingerprint density at radius 2 is 2.14 bits per heavy atom. The van der Waals surface area contributed by atoms with E-state index < -0.39 is 5.97 Å². The molecule has 2 aromatic rings. The van der Waals surface area contributed by atoms with E-state index in [0.29, 0.717) is 19.7 Å². The Morgan fingerprint density at radius 3 is 2.81 bits per heavy atom. The van der Waals surface area contributed by atoms with Gasteiger partial charge in [0.2, 0.25) is 0 Å². The van der Waals surface area contributed by atoms with Crippen LogP contribution in [-0.2, 0) is 16.1 Å². The number of nitrogens with zero attached hydrogens (tertiary/aromatic N) is 4. The standard InChI is InChI=1S/C14H18N4O3/c1-21-8-7-17(11-14(19)20)10-12-9-15-18(16-12)13-5-3-2-4-6-13/h2-6,9H,7-8,10-11H2,1H3,(H,19,20). The highest BCUT2D eigenvalue weighted by atomic mass is 16.5. The zero-order valence-electron chi connectivity index (χ0n) is 11.8. The number of para-hydroxylation sites is 1. The predicted octanol–water partition coefficient (Wildman–Crippen LogP) is 0.800. The Bertz CT molecular complexity index is 571. The molecule has 0 atom stereocenters. The van der Waals surface area contributed by atoms with Crippen LogP contribution in [0.15, 0.2) is 36.5 Å². The molecule has 7 heteroatoms. The molecule has 0 aliphatic carbocycles. The molecule has 21 heavy (non-hydrogen) atoms. The molecular weight excluding hydrogens is 272 g/mol. The van der Waals surface area contributed by atoms with E-state index in [2.05, 4.69) is 10.2 Å². The second-order valence-corrected chi connectivity index (χ2v) is 4.56. The summed E-state index contributed by atoms with van der Waals surface area (Å²) in [6.45, 7) is 1.37. The number of rotatable bonds is 8. The molecule has 112 valence electrons. The van der Waals surface area contributed by atoms with Gasteiger partial charge >= 0.3 is 5.97 Å². The fraction of sp³-hybridized carbons (Fsp3) is 0.357. The summed E-state index contributed by atoms with van der Waals surface area (Å²) in [7, 11) is 1.59. The highest BCUT2D eigenvalue weighted by Crippen LogP contribution is 2.06. The van der Waals surface area contributed by atoms with Gasteiger partial charge in [-0.2, -0.15) is 15.0 Å². The van der Waals surface area contributed by atoms with Crippen LogP contribution in [0, 0.1) is 0 Å². The highest BCUT2D eigenvalue weighted by molar-refractivity contribution is 5.69. The summed E-state index contributed by atoms with van der Waals surface area (Å²) < 4.78 is 4.99.